The van der Waals surface area contributed by atoms with Gasteiger partial charge in [0.05, 0.1) is 0 Å². The van der Waals surface area contributed by atoms with Crippen molar-refractivity contribution in [3.63, 3.8) is 0 Å². The monoisotopic (exact) mass is 327 g/mol. The van der Waals surface area contributed by atoms with Crippen LogP contribution in [0, 0.1) is 0 Å². The van der Waals surface area contributed by atoms with E-state index in [0.717, 1.165) is 11.1 Å². The van der Waals surface area contributed by atoms with Crippen molar-refractivity contribution in [1.82, 2.24) is 4.90 Å². The average Bonchev–Trinajstić information content (AvgIpc) is 2.64. The summed E-state index contributed by atoms with van der Waals surface area (Å²) < 4.78 is 10.0. The summed E-state index contributed by atoms with van der Waals surface area (Å²) >= 11 is 0. The Morgan fingerprint density at radius 1 is 0.833 bits per heavy atom. The first kappa shape index (κ1) is 17.2. The van der Waals surface area contributed by atoms with Crippen molar-refractivity contribution in [3.8, 4) is 0 Å². The number of esters is 1. The Bertz CT molecular complexity index is 672. The maximum Gasteiger partial charge on any atom is 0.417 e. The van der Waals surface area contributed by atoms with Gasteiger partial charge >= 0.3 is 12.1 Å². The molecule has 0 aliphatic heterocycles. The van der Waals surface area contributed by atoms with Crippen LogP contribution in [-0.4, -0.2) is 29.9 Å². The molecule has 0 spiro atoms. The Hall–Kier alpha value is -3.15. The highest BCUT2D eigenvalue weighted by Gasteiger charge is 2.19. The van der Waals surface area contributed by atoms with Crippen molar-refractivity contribution in [2.45, 2.75) is 13.2 Å². The number of hydrogen-bond acceptors (Lipinski definition) is 5. The van der Waals surface area contributed by atoms with E-state index in [4.69, 9.17) is 9.47 Å². The Morgan fingerprint density at radius 3 is 1.83 bits per heavy atom. The summed E-state index contributed by atoms with van der Waals surface area (Å²) in [7, 11) is 0. The van der Waals surface area contributed by atoms with Gasteiger partial charge in [-0.3, -0.25) is 9.59 Å². The highest BCUT2D eigenvalue weighted by Crippen LogP contribution is 2.04. The largest absolute Gasteiger partial charge is 0.459 e. The van der Waals surface area contributed by atoms with Crippen LogP contribution in [0.25, 0.3) is 0 Å². The number of imide groups is 1. The molecule has 6 heteroatoms. The van der Waals surface area contributed by atoms with Crippen LogP contribution in [0.1, 0.15) is 11.1 Å². The summed E-state index contributed by atoms with van der Waals surface area (Å²) in [5.41, 5.74) is 1.60. The first-order chi connectivity index (χ1) is 11.7. The minimum atomic E-state index is -0.898. The lowest BCUT2D eigenvalue weighted by Crippen LogP contribution is -2.35. The molecule has 2 rings (SSSR count). The minimum absolute atomic E-state index is 0.0169. The molecule has 0 fully saturated rings. The molecule has 0 radical (unpaired) electrons. The van der Waals surface area contributed by atoms with E-state index in [2.05, 4.69) is 0 Å². The van der Waals surface area contributed by atoms with Gasteiger partial charge in [0, 0.05) is 0 Å². The number of hydrogen-bond donors (Lipinski definition) is 0. The molecule has 0 saturated heterocycles. The molecule has 0 N–H and O–H groups in total. The smallest absolute Gasteiger partial charge is 0.417 e. The molecule has 0 aliphatic rings. The highest BCUT2D eigenvalue weighted by molar-refractivity contribution is 5.86. The molecule has 2 amide bonds. The lowest BCUT2D eigenvalue weighted by molar-refractivity contribution is -0.147. The van der Waals surface area contributed by atoms with Crippen LogP contribution >= 0.6 is 0 Å². The zero-order valence-corrected chi connectivity index (χ0v) is 13.0. The van der Waals surface area contributed by atoms with E-state index in [-0.39, 0.29) is 19.6 Å². The van der Waals surface area contributed by atoms with Crippen LogP contribution in [0.5, 0.6) is 0 Å². The number of amides is 2. The molecule has 0 aliphatic carbocycles. The van der Waals surface area contributed by atoms with Crippen LogP contribution in [0.2, 0.25) is 0 Å². The number of rotatable bonds is 7. The first-order valence-corrected chi connectivity index (χ1v) is 7.31. The van der Waals surface area contributed by atoms with Gasteiger partial charge in [0.2, 0.25) is 6.41 Å². The molecule has 24 heavy (non-hydrogen) atoms. The Labute approximate surface area is 139 Å². The van der Waals surface area contributed by atoms with Gasteiger partial charge in [-0.2, -0.15) is 0 Å². The molecule has 124 valence electrons. The molecule has 2 aromatic carbocycles. The van der Waals surface area contributed by atoms with Gasteiger partial charge in [-0.25, -0.2) is 9.69 Å². The maximum atomic E-state index is 11.8. The SMILES string of the molecule is O=CN(CC(=O)OCc1ccccc1)C(=O)OCc1ccccc1. The topological polar surface area (TPSA) is 72.9 Å². The Morgan fingerprint density at radius 2 is 1.33 bits per heavy atom. The van der Waals surface area contributed by atoms with Gasteiger partial charge in [-0.1, -0.05) is 60.7 Å². The quantitative estimate of drug-likeness (QED) is 0.577. The molecule has 0 unspecified atom stereocenters. The third-order valence-corrected chi connectivity index (χ3v) is 3.11. The predicted molar refractivity (Wildman–Crippen MR) is 85.6 cm³/mol. The molecular weight excluding hydrogens is 310 g/mol. The summed E-state index contributed by atoms with van der Waals surface area (Å²) in [5, 5.41) is 0. The van der Waals surface area contributed by atoms with Crippen LogP contribution in [0.15, 0.2) is 60.7 Å². The van der Waals surface area contributed by atoms with Crippen LogP contribution in [0.3, 0.4) is 0 Å². The molecule has 0 saturated carbocycles. The number of nitrogens with zero attached hydrogens (tertiary/aromatic N) is 1. The van der Waals surface area contributed by atoms with Crippen LogP contribution in [-0.2, 0) is 32.3 Å². The van der Waals surface area contributed by atoms with Gasteiger partial charge in [-0.15, -0.1) is 0 Å². The lowest BCUT2D eigenvalue weighted by Gasteiger charge is -2.14. The fraction of sp³-hybridized carbons (Fsp3) is 0.167. The number of benzene rings is 2. The molecule has 6 nitrogen and oxygen atoms in total. The van der Waals surface area contributed by atoms with E-state index in [1.807, 2.05) is 36.4 Å². The van der Waals surface area contributed by atoms with E-state index in [1.165, 1.54) is 0 Å². The van der Waals surface area contributed by atoms with E-state index in [0.29, 0.717) is 4.90 Å². The van der Waals surface area contributed by atoms with E-state index in [9.17, 15) is 14.4 Å². The van der Waals surface area contributed by atoms with Gasteiger partial charge in [-0.05, 0) is 11.1 Å². The van der Waals surface area contributed by atoms with Gasteiger partial charge in [0.1, 0.15) is 19.8 Å². The van der Waals surface area contributed by atoms with Crippen molar-refractivity contribution in [2.24, 2.45) is 0 Å². The molecule has 2 aromatic rings. The second kappa shape index (κ2) is 9.09. The fourth-order valence-corrected chi connectivity index (χ4v) is 1.87. The third-order valence-electron chi connectivity index (χ3n) is 3.11. The van der Waals surface area contributed by atoms with E-state index in [1.54, 1.807) is 24.3 Å². The number of carbonyl (C=O) groups is 3. The average molecular weight is 327 g/mol. The van der Waals surface area contributed by atoms with Crippen molar-refractivity contribution in [3.05, 3.63) is 71.8 Å². The second-order valence-corrected chi connectivity index (χ2v) is 4.92. The Balaban J connectivity index is 1.78. The number of carbonyl (C=O) groups excluding carboxylic acids is 3. The summed E-state index contributed by atoms with van der Waals surface area (Å²) in [6, 6.07) is 18.1. The molecule has 0 heterocycles. The molecular formula is C18H17NO5. The van der Waals surface area contributed by atoms with Crippen molar-refractivity contribution >= 4 is 18.5 Å². The van der Waals surface area contributed by atoms with Crippen molar-refractivity contribution in [2.75, 3.05) is 6.54 Å². The third kappa shape index (κ3) is 5.57. The summed E-state index contributed by atoms with van der Waals surface area (Å²) in [6.07, 6.45) is -0.651. The zero-order chi connectivity index (χ0) is 17.2. The summed E-state index contributed by atoms with van der Waals surface area (Å²) in [5.74, 6) is -0.692. The fourth-order valence-electron chi connectivity index (χ4n) is 1.87. The second-order valence-electron chi connectivity index (χ2n) is 4.92. The van der Waals surface area contributed by atoms with Crippen LogP contribution < -0.4 is 0 Å². The zero-order valence-electron chi connectivity index (χ0n) is 13.0. The van der Waals surface area contributed by atoms with Gasteiger partial charge < -0.3 is 9.47 Å². The highest BCUT2D eigenvalue weighted by atomic mass is 16.6. The van der Waals surface area contributed by atoms with Crippen LogP contribution in [0.4, 0.5) is 4.79 Å². The van der Waals surface area contributed by atoms with E-state index >= 15 is 0 Å². The first-order valence-electron chi connectivity index (χ1n) is 7.31. The van der Waals surface area contributed by atoms with E-state index < -0.39 is 18.6 Å². The maximum absolute atomic E-state index is 11.8. The predicted octanol–water partition coefficient (Wildman–Crippen LogP) is 2.53. The normalized spacial score (nSPS) is 9.83. The molecule has 0 bridgehead atoms. The lowest BCUT2D eigenvalue weighted by atomic mass is 10.2. The molecule has 0 aromatic heterocycles. The van der Waals surface area contributed by atoms with Crippen molar-refractivity contribution in [1.29, 1.82) is 0 Å². The Kier molecular flexibility index (Phi) is 6.52. The minimum Gasteiger partial charge on any atom is -0.459 e. The number of ether oxygens (including phenoxy) is 2. The summed E-state index contributed by atoms with van der Waals surface area (Å²) in [6.45, 7) is -0.404. The van der Waals surface area contributed by atoms with Crippen molar-refractivity contribution < 1.29 is 23.9 Å². The standard InChI is InChI=1S/C18H17NO5/c20-14-19(18(22)24-13-16-9-5-2-6-10-16)11-17(21)23-12-15-7-3-1-4-8-15/h1-10,14H,11-13H2. The van der Waals surface area contributed by atoms with Gasteiger partial charge in [0.25, 0.3) is 0 Å². The summed E-state index contributed by atoms with van der Waals surface area (Å²) in [4.78, 5) is 35.2. The molecule has 0 atom stereocenters. The van der Waals surface area contributed by atoms with Gasteiger partial charge in [0.15, 0.2) is 0 Å².